The smallest absolute Gasteiger partial charge is 0.366 e. The molecule has 0 radical (unpaired) electrons. The number of aromatic nitrogens is 2. The van der Waals surface area contributed by atoms with Crippen molar-refractivity contribution in [2.75, 3.05) is 13.1 Å². The largest absolute Gasteiger partial charge is 0.476 e. The standard InChI is InChI=1S/C8H13N3O2S/c1-3-11(4-2)5-6-9-7(8(12)13)14-10-6/h3-5H2,1-2H3,(H,12,13). The molecule has 0 aliphatic heterocycles. The van der Waals surface area contributed by atoms with Crippen molar-refractivity contribution in [2.45, 2.75) is 20.4 Å². The van der Waals surface area contributed by atoms with Crippen LogP contribution < -0.4 is 0 Å². The molecule has 1 N–H and O–H groups in total. The van der Waals surface area contributed by atoms with Crippen LogP contribution in [-0.2, 0) is 6.54 Å². The number of rotatable bonds is 5. The van der Waals surface area contributed by atoms with Gasteiger partial charge in [0, 0.05) is 0 Å². The summed E-state index contributed by atoms with van der Waals surface area (Å²) in [5.74, 6) is -0.413. The van der Waals surface area contributed by atoms with Crippen LogP contribution in [0.25, 0.3) is 0 Å². The molecule has 0 amide bonds. The van der Waals surface area contributed by atoms with E-state index in [9.17, 15) is 4.79 Å². The molecular weight excluding hydrogens is 202 g/mol. The van der Waals surface area contributed by atoms with Gasteiger partial charge in [-0.15, -0.1) is 0 Å². The molecule has 1 rings (SSSR count). The second-order valence-corrected chi connectivity index (χ2v) is 3.53. The summed E-state index contributed by atoms with van der Waals surface area (Å²) in [6.45, 7) is 6.55. The third kappa shape index (κ3) is 2.74. The molecule has 5 nitrogen and oxygen atoms in total. The van der Waals surface area contributed by atoms with Crippen molar-refractivity contribution < 1.29 is 9.90 Å². The number of aromatic carboxylic acids is 1. The molecule has 0 spiro atoms. The number of carboxylic acids is 1. The lowest BCUT2D eigenvalue weighted by Gasteiger charge is -2.14. The van der Waals surface area contributed by atoms with Crippen molar-refractivity contribution in [3.63, 3.8) is 0 Å². The first-order valence-corrected chi connectivity index (χ1v) is 5.23. The fourth-order valence-electron chi connectivity index (χ4n) is 1.05. The number of nitrogens with zero attached hydrogens (tertiary/aromatic N) is 3. The number of carbonyl (C=O) groups is 1. The molecule has 0 saturated carbocycles. The van der Waals surface area contributed by atoms with Crippen molar-refractivity contribution in [1.82, 2.24) is 14.3 Å². The molecule has 1 aromatic rings. The first-order valence-electron chi connectivity index (χ1n) is 4.45. The van der Waals surface area contributed by atoms with Crippen molar-refractivity contribution in [3.05, 3.63) is 10.8 Å². The molecule has 0 aliphatic rings. The van der Waals surface area contributed by atoms with Crippen LogP contribution in [0.5, 0.6) is 0 Å². The Kier molecular flexibility index (Phi) is 3.97. The SMILES string of the molecule is CCN(CC)Cc1nsc(C(=O)O)n1. The van der Waals surface area contributed by atoms with E-state index in [1.54, 1.807) is 0 Å². The number of hydrogen-bond acceptors (Lipinski definition) is 5. The van der Waals surface area contributed by atoms with Crippen LogP contribution in [0.4, 0.5) is 0 Å². The highest BCUT2D eigenvalue weighted by Gasteiger charge is 2.11. The number of carboxylic acid groups (broad SMARTS) is 1. The average molecular weight is 215 g/mol. The molecule has 0 aliphatic carbocycles. The minimum absolute atomic E-state index is 0.0622. The Hall–Kier alpha value is -1.01. The Morgan fingerprint density at radius 3 is 2.57 bits per heavy atom. The van der Waals surface area contributed by atoms with Gasteiger partial charge in [0.05, 0.1) is 6.54 Å². The fourth-order valence-corrected chi connectivity index (χ4v) is 1.57. The lowest BCUT2D eigenvalue weighted by Crippen LogP contribution is -2.22. The van der Waals surface area contributed by atoms with E-state index in [1.807, 2.05) is 13.8 Å². The van der Waals surface area contributed by atoms with E-state index in [0.29, 0.717) is 12.4 Å². The molecular formula is C8H13N3O2S. The lowest BCUT2D eigenvalue weighted by atomic mass is 10.4. The summed E-state index contributed by atoms with van der Waals surface area (Å²) in [4.78, 5) is 16.6. The Balaban J connectivity index is 2.63. The molecule has 0 aromatic carbocycles. The minimum atomic E-state index is -1.01. The van der Waals surface area contributed by atoms with Crippen molar-refractivity contribution in [2.24, 2.45) is 0 Å². The van der Waals surface area contributed by atoms with Gasteiger partial charge < -0.3 is 5.11 Å². The van der Waals surface area contributed by atoms with Gasteiger partial charge in [0.1, 0.15) is 0 Å². The van der Waals surface area contributed by atoms with E-state index in [2.05, 4.69) is 14.3 Å². The summed E-state index contributed by atoms with van der Waals surface area (Å²) in [5.41, 5.74) is 0. The van der Waals surface area contributed by atoms with Crippen LogP contribution >= 0.6 is 11.5 Å². The van der Waals surface area contributed by atoms with Gasteiger partial charge in [-0.3, -0.25) is 4.90 Å². The highest BCUT2D eigenvalue weighted by Crippen LogP contribution is 2.06. The summed E-state index contributed by atoms with van der Waals surface area (Å²) in [6, 6.07) is 0. The Morgan fingerprint density at radius 2 is 2.14 bits per heavy atom. The molecule has 0 saturated heterocycles. The van der Waals surface area contributed by atoms with E-state index >= 15 is 0 Å². The Bertz CT molecular complexity index is 309. The molecule has 14 heavy (non-hydrogen) atoms. The highest BCUT2D eigenvalue weighted by molar-refractivity contribution is 7.07. The van der Waals surface area contributed by atoms with Crippen LogP contribution in [0.15, 0.2) is 0 Å². The van der Waals surface area contributed by atoms with E-state index < -0.39 is 5.97 Å². The molecule has 0 atom stereocenters. The maximum Gasteiger partial charge on any atom is 0.366 e. The van der Waals surface area contributed by atoms with Gasteiger partial charge >= 0.3 is 5.97 Å². The second kappa shape index (κ2) is 5.02. The second-order valence-electron chi connectivity index (χ2n) is 2.78. The zero-order chi connectivity index (χ0) is 10.6. The first kappa shape index (κ1) is 11.1. The van der Waals surface area contributed by atoms with Crippen LogP contribution in [0.2, 0.25) is 0 Å². The summed E-state index contributed by atoms with van der Waals surface area (Å²) < 4.78 is 3.98. The van der Waals surface area contributed by atoms with Crippen molar-refractivity contribution in [3.8, 4) is 0 Å². The summed E-state index contributed by atoms with van der Waals surface area (Å²) in [5, 5.41) is 8.70. The van der Waals surface area contributed by atoms with E-state index in [0.717, 1.165) is 24.6 Å². The van der Waals surface area contributed by atoms with Gasteiger partial charge in [0.2, 0.25) is 5.01 Å². The fraction of sp³-hybridized carbons (Fsp3) is 0.625. The van der Waals surface area contributed by atoms with Crippen LogP contribution in [0.3, 0.4) is 0 Å². The van der Waals surface area contributed by atoms with Crippen LogP contribution in [0.1, 0.15) is 29.5 Å². The monoisotopic (exact) mass is 215 g/mol. The normalized spacial score (nSPS) is 10.8. The topological polar surface area (TPSA) is 66.3 Å². The maximum atomic E-state index is 10.5. The predicted molar refractivity (Wildman–Crippen MR) is 53.5 cm³/mol. The van der Waals surface area contributed by atoms with E-state index in [1.165, 1.54) is 0 Å². The third-order valence-corrected chi connectivity index (χ3v) is 2.65. The molecule has 1 heterocycles. The predicted octanol–water partition coefficient (Wildman–Crippen LogP) is 1.08. The molecule has 6 heteroatoms. The van der Waals surface area contributed by atoms with E-state index in [-0.39, 0.29) is 5.01 Å². The quantitative estimate of drug-likeness (QED) is 0.796. The summed E-state index contributed by atoms with van der Waals surface area (Å²) in [7, 11) is 0. The third-order valence-electron chi connectivity index (χ3n) is 1.91. The average Bonchev–Trinajstić information content (AvgIpc) is 2.62. The van der Waals surface area contributed by atoms with Crippen LogP contribution in [0, 0.1) is 0 Å². The minimum Gasteiger partial charge on any atom is -0.476 e. The lowest BCUT2D eigenvalue weighted by molar-refractivity contribution is 0.0696. The molecule has 0 bridgehead atoms. The van der Waals surface area contributed by atoms with Gasteiger partial charge in [-0.25, -0.2) is 9.78 Å². The Morgan fingerprint density at radius 1 is 1.50 bits per heavy atom. The first-order chi connectivity index (χ1) is 6.67. The van der Waals surface area contributed by atoms with Gasteiger partial charge in [-0.1, -0.05) is 13.8 Å². The Labute approximate surface area is 86.6 Å². The number of hydrogen-bond donors (Lipinski definition) is 1. The van der Waals surface area contributed by atoms with Gasteiger partial charge in [-0.05, 0) is 24.6 Å². The molecule has 78 valence electrons. The molecule has 1 aromatic heterocycles. The molecule has 0 unspecified atom stereocenters. The van der Waals surface area contributed by atoms with Crippen molar-refractivity contribution >= 4 is 17.5 Å². The maximum absolute atomic E-state index is 10.5. The summed E-state index contributed by atoms with van der Waals surface area (Å²) >= 11 is 0.933. The molecule has 0 fully saturated rings. The summed E-state index contributed by atoms with van der Waals surface area (Å²) in [6.07, 6.45) is 0. The van der Waals surface area contributed by atoms with Gasteiger partial charge in [0.25, 0.3) is 0 Å². The van der Waals surface area contributed by atoms with Crippen molar-refractivity contribution in [1.29, 1.82) is 0 Å². The van der Waals surface area contributed by atoms with E-state index in [4.69, 9.17) is 5.11 Å². The zero-order valence-corrected chi connectivity index (χ0v) is 9.04. The highest BCUT2D eigenvalue weighted by atomic mass is 32.1. The van der Waals surface area contributed by atoms with Crippen LogP contribution in [-0.4, -0.2) is 38.4 Å². The van der Waals surface area contributed by atoms with Gasteiger partial charge in [-0.2, -0.15) is 4.37 Å². The van der Waals surface area contributed by atoms with Gasteiger partial charge in [0.15, 0.2) is 5.82 Å². The zero-order valence-electron chi connectivity index (χ0n) is 8.23.